The zero-order valence-corrected chi connectivity index (χ0v) is 20.6. The Morgan fingerprint density at radius 3 is 2.50 bits per heavy atom. The van der Waals surface area contributed by atoms with Gasteiger partial charge in [0.2, 0.25) is 5.91 Å². The van der Waals surface area contributed by atoms with Crippen molar-refractivity contribution in [1.82, 2.24) is 14.9 Å². The highest BCUT2D eigenvalue weighted by Crippen LogP contribution is 2.31. The highest BCUT2D eigenvalue weighted by atomic mass is 16.6. The van der Waals surface area contributed by atoms with Crippen LogP contribution >= 0.6 is 0 Å². The molecule has 3 rings (SSSR count). The number of aryl methyl sites for hydroxylation is 1. The van der Waals surface area contributed by atoms with E-state index in [1.54, 1.807) is 59.0 Å². The van der Waals surface area contributed by atoms with Gasteiger partial charge in [-0.1, -0.05) is 13.8 Å². The molecule has 0 saturated carbocycles. The number of ether oxygens (including phenoxy) is 2. The number of rotatable bonds is 4. The zero-order valence-electron chi connectivity index (χ0n) is 20.6. The van der Waals surface area contributed by atoms with E-state index in [4.69, 9.17) is 9.47 Å². The normalized spacial score (nSPS) is 15.1. The molecule has 1 N–H and O–H groups in total. The van der Waals surface area contributed by atoms with Gasteiger partial charge in [-0.3, -0.25) is 19.9 Å². The van der Waals surface area contributed by atoms with Crippen LogP contribution in [0.4, 0.5) is 21.2 Å². The van der Waals surface area contributed by atoms with Crippen LogP contribution in [0.2, 0.25) is 0 Å². The van der Waals surface area contributed by atoms with Crippen molar-refractivity contribution in [3.8, 4) is 11.5 Å². The summed E-state index contributed by atoms with van der Waals surface area (Å²) >= 11 is 0. The molecule has 1 aliphatic rings. The van der Waals surface area contributed by atoms with Crippen molar-refractivity contribution < 1.29 is 23.9 Å². The molecule has 1 fully saturated rings. The van der Waals surface area contributed by atoms with Crippen molar-refractivity contribution >= 4 is 29.7 Å². The molecule has 1 aliphatic heterocycles. The summed E-state index contributed by atoms with van der Waals surface area (Å²) in [5.74, 6) is 1.39. The average molecular weight is 470 g/mol. The monoisotopic (exact) mass is 469 g/mol. The number of likely N-dealkylation sites (tertiary alicyclic amines) is 1. The summed E-state index contributed by atoms with van der Waals surface area (Å²) in [6.07, 6.45) is 1.61. The number of anilines is 2. The molecule has 0 aromatic carbocycles. The number of hydrogen-bond donors (Lipinski definition) is 1. The van der Waals surface area contributed by atoms with E-state index in [2.05, 4.69) is 15.3 Å². The molecule has 182 valence electrons. The first-order valence-corrected chi connectivity index (χ1v) is 11.0. The Morgan fingerprint density at radius 1 is 1.21 bits per heavy atom. The Kier molecular flexibility index (Phi) is 6.81. The van der Waals surface area contributed by atoms with E-state index < -0.39 is 23.1 Å². The molecule has 0 atom stereocenters. The van der Waals surface area contributed by atoms with Crippen LogP contribution in [0.15, 0.2) is 30.5 Å². The van der Waals surface area contributed by atoms with Gasteiger partial charge < -0.3 is 9.47 Å². The summed E-state index contributed by atoms with van der Waals surface area (Å²) in [5.41, 5.74) is -0.637. The highest BCUT2D eigenvalue weighted by molar-refractivity contribution is 6.03. The number of carbonyl (C=O) groups is 3. The Bertz CT molecular complexity index is 1110. The standard InChI is InChI=1S/C24H31N5O5/c1-15-17(8-9-18(26-15)27-21(31)29-13-11-24(5,6)20(29)30)33-16-10-12-25-19(14-16)28(7)22(32)34-23(2,3)4/h8-10,12,14H,11,13H2,1-7H3,(H,26,27,31). The molecule has 10 nitrogen and oxygen atoms in total. The van der Waals surface area contributed by atoms with Gasteiger partial charge in [0, 0.05) is 31.3 Å². The smallest absolute Gasteiger partial charge is 0.415 e. The van der Waals surface area contributed by atoms with Crippen LogP contribution in [0.1, 0.15) is 46.7 Å². The van der Waals surface area contributed by atoms with E-state index in [1.165, 1.54) is 16.0 Å². The van der Waals surface area contributed by atoms with E-state index in [-0.39, 0.29) is 5.91 Å². The zero-order chi connectivity index (χ0) is 25.3. The average Bonchev–Trinajstić information content (AvgIpc) is 3.01. The molecule has 34 heavy (non-hydrogen) atoms. The van der Waals surface area contributed by atoms with Crippen LogP contribution in [-0.4, -0.2) is 52.1 Å². The van der Waals surface area contributed by atoms with Gasteiger partial charge >= 0.3 is 12.1 Å². The molecule has 0 radical (unpaired) electrons. The van der Waals surface area contributed by atoms with Gasteiger partial charge in [0.25, 0.3) is 0 Å². The minimum Gasteiger partial charge on any atom is -0.455 e. The third-order valence-electron chi connectivity index (χ3n) is 5.26. The number of nitrogens with one attached hydrogen (secondary N) is 1. The van der Waals surface area contributed by atoms with Gasteiger partial charge in [0.05, 0.1) is 5.69 Å². The summed E-state index contributed by atoms with van der Waals surface area (Å²) in [5, 5.41) is 2.67. The van der Waals surface area contributed by atoms with Crippen molar-refractivity contribution in [3.05, 3.63) is 36.2 Å². The van der Waals surface area contributed by atoms with Crippen molar-refractivity contribution in [1.29, 1.82) is 0 Å². The molecule has 4 amide bonds. The maximum absolute atomic E-state index is 12.5. The lowest BCUT2D eigenvalue weighted by molar-refractivity contribution is -0.131. The Hall–Kier alpha value is -3.69. The SMILES string of the molecule is Cc1nc(NC(=O)N2CCC(C)(C)C2=O)ccc1Oc1ccnc(N(C)C(=O)OC(C)(C)C)c1. The molecule has 0 unspecified atom stereocenters. The molecule has 0 bridgehead atoms. The predicted octanol–water partition coefficient (Wildman–Crippen LogP) is 4.74. The van der Waals surface area contributed by atoms with E-state index in [9.17, 15) is 14.4 Å². The number of amides is 4. The van der Waals surface area contributed by atoms with Crippen molar-refractivity contribution in [2.75, 3.05) is 23.8 Å². The number of carbonyl (C=O) groups excluding carboxylic acids is 3. The highest BCUT2D eigenvalue weighted by Gasteiger charge is 2.41. The Balaban J connectivity index is 1.68. The molecule has 2 aromatic rings. The topological polar surface area (TPSA) is 114 Å². The summed E-state index contributed by atoms with van der Waals surface area (Å²) in [7, 11) is 1.57. The van der Waals surface area contributed by atoms with Gasteiger partial charge in [-0.15, -0.1) is 0 Å². The van der Waals surface area contributed by atoms with Gasteiger partial charge in [0.1, 0.15) is 28.7 Å². The second-order valence-electron chi connectivity index (χ2n) is 9.79. The fraction of sp³-hybridized carbons (Fsp3) is 0.458. The largest absolute Gasteiger partial charge is 0.455 e. The van der Waals surface area contributed by atoms with Crippen LogP contribution in [0.3, 0.4) is 0 Å². The van der Waals surface area contributed by atoms with Crippen LogP contribution in [0.5, 0.6) is 11.5 Å². The number of urea groups is 1. The predicted molar refractivity (Wildman–Crippen MR) is 127 cm³/mol. The maximum Gasteiger partial charge on any atom is 0.415 e. The van der Waals surface area contributed by atoms with Gasteiger partial charge in [-0.2, -0.15) is 0 Å². The van der Waals surface area contributed by atoms with E-state index in [0.29, 0.717) is 41.8 Å². The van der Waals surface area contributed by atoms with E-state index >= 15 is 0 Å². The summed E-state index contributed by atoms with van der Waals surface area (Å²) in [6.45, 7) is 11.1. The second-order valence-corrected chi connectivity index (χ2v) is 9.79. The quantitative estimate of drug-likeness (QED) is 0.688. The first-order chi connectivity index (χ1) is 15.8. The Labute approximate surface area is 199 Å². The summed E-state index contributed by atoms with van der Waals surface area (Å²) in [6, 6.07) is 6.04. The Morgan fingerprint density at radius 2 is 1.91 bits per heavy atom. The fourth-order valence-electron chi connectivity index (χ4n) is 3.26. The number of pyridine rings is 2. The third-order valence-corrected chi connectivity index (χ3v) is 5.26. The number of imide groups is 1. The van der Waals surface area contributed by atoms with Gasteiger partial charge in [0.15, 0.2) is 0 Å². The molecule has 10 heteroatoms. The maximum atomic E-state index is 12.5. The van der Waals surface area contributed by atoms with Crippen LogP contribution in [0.25, 0.3) is 0 Å². The van der Waals surface area contributed by atoms with E-state index in [0.717, 1.165) is 0 Å². The molecule has 2 aromatic heterocycles. The molecule has 0 spiro atoms. The lowest BCUT2D eigenvalue weighted by Gasteiger charge is -2.24. The lowest BCUT2D eigenvalue weighted by Crippen LogP contribution is -2.39. The first-order valence-electron chi connectivity index (χ1n) is 11.0. The number of aromatic nitrogens is 2. The first kappa shape index (κ1) is 24.9. The van der Waals surface area contributed by atoms with Gasteiger partial charge in [-0.25, -0.2) is 19.6 Å². The fourth-order valence-corrected chi connectivity index (χ4v) is 3.26. The second kappa shape index (κ2) is 9.28. The molecular weight excluding hydrogens is 438 g/mol. The van der Waals surface area contributed by atoms with Crippen LogP contribution in [-0.2, 0) is 9.53 Å². The van der Waals surface area contributed by atoms with E-state index in [1.807, 2.05) is 13.8 Å². The molecular formula is C24H31N5O5. The number of nitrogens with zero attached hydrogens (tertiary/aromatic N) is 4. The number of hydrogen-bond acceptors (Lipinski definition) is 7. The minimum absolute atomic E-state index is 0.202. The molecule has 3 heterocycles. The van der Waals surface area contributed by atoms with Crippen molar-refractivity contribution in [3.63, 3.8) is 0 Å². The van der Waals surface area contributed by atoms with Crippen molar-refractivity contribution in [2.24, 2.45) is 5.41 Å². The van der Waals surface area contributed by atoms with Gasteiger partial charge in [-0.05, 0) is 52.3 Å². The minimum atomic E-state index is -0.627. The molecule has 1 saturated heterocycles. The van der Waals surface area contributed by atoms with Crippen molar-refractivity contribution in [2.45, 2.75) is 53.6 Å². The summed E-state index contributed by atoms with van der Waals surface area (Å²) in [4.78, 5) is 48.3. The van der Waals surface area contributed by atoms with Crippen LogP contribution < -0.4 is 15.0 Å². The lowest BCUT2D eigenvalue weighted by atomic mass is 9.92. The van der Waals surface area contributed by atoms with Crippen LogP contribution in [0, 0.1) is 12.3 Å². The summed E-state index contributed by atoms with van der Waals surface area (Å²) < 4.78 is 11.3. The third kappa shape index (κ3) is 5.81. The molecule has 0 aliphatic carbocycles.